The first kappa shape index (κ1) is 18.6. The first-order valence-electron chi connectivity index (χ1n) is 9.33. The minimum Gasteiger partial charge on any atom is -0.385 e. The maximum Gasteiger partial charge on any atom is 0.261 e. The van der Waals surface area contributed by atoms with Crippen LogP contribution in [-0.2, 0) is 4.74 Å². The minimum atomic E-state index is -0.332. The molecule has 2 aliphatic rings. The molecule has 0 bridgehead atoms. The van der Waals surface area contributed by atoms with Crippen LogP contribution in [0.3, 0.4) is 0 Å². The van der Waals surface area contributed by atoms with E-state index in [1.54, 1.807) is 25.3 Å². The van der Waals surface area contributed by atoms with Crippen LogP contribution in [0.5, 0.6) is 0 Å². The molecule has 1 aromatic rings. The third-order valence-electron chi connectivity index (χ3n) is 5.39. The second-order valence-corrected chi connectivity index (χ2v) is 7.21. The number of nitrogens with one attached hydrogen (secondary N) is 1. The van der Waals surface area contributed by atoms with Crippen LogP contribution in [0, 0.1) is 5.92 Å². The van der Waals surface area contributed by atoms with Gasteiger partial charge in [-0.2, -0.15) is 0 Å². The zero-order valence-corrected chi connectivity index (χ0v) is 15.4. The molecular formula is C20H26N2O4. The highest BCUT2D eigenvalue weighted by atomic mass is 16.5. The highest BCUT2D eigenvalue weighted by Crippen LogP contribution is 2.26. The SMILES string of the molecule is COCCCN1C(=O)c2ccc(C(=O)N[C@@H]3CCCC[C@H]3C)cc2C1=O. The summed E-state index contributed by atoms with van der Waals surface area (Å²) in [5, 5.41) is 3.09. The van der Waals surface area contributed by atoms with Crippen molar-refractivity contribution in [2.45, 2.75) is 45.1 Å². The number of carbonyl (C=O) groups is 3. The Bertz CT molecular complexity index is 716. The summed E-state index contributed by atoms with van der Waals surface area (Å²) in [5.41, 5.74) is 1.12. The quantitative estimate of drug-likeness (QED) is 0.626. The summed E-state index contributed by atoms with van der Waals surface area (Å²) in [6, 6.07) is 4.94. The molecule has 3 amide bonds. The minimum absolute atomic E-state index is 0.174. The Balaban J connectivity index is 1.72. The maximum absolute atomic E-state index is 12.6. The lowest BCUT2D eigenvalue weighted by Gasteiger charge is -2.29. The molecule has 0 unspecified atom stereocenters. The molecule has 0 saturated heterocycles. The van der Waals surface area contributed by atoms with Crippen molar-refractivity contribution in [2.75, 3.05) is 20.3 Å². The van der Waals surface area contributed by atoms with Gasteiger partial charge in [0, 0.05) is 31.9 Å². The van der Waals surface area contributed by atoms with Gasteiger partial charge in [0.25, 0.3) is 17.7 Å². The summed E-state index contributed by atoms with van der Waals surface area (Å²) < 4.78 is 4.98. The average molecular weight is 358 g/mol. The molecule has 1 N–H and O–H groups in total. The molecule has 0 spiro atoms. The van der Waals surface area contributed by atoms with Crippen molar-refractivity contribution in [1.82, 2.24) is 10.2 Å². The van der Waals surface area contributed by atoms with E-state index >= 15 is 0 Å². The van der Waals surface area contributed by atoms with E-state index in [0.29, 0.717) is 42.2 Å². The Morgan fingerprint density at radius 3 is 2.65 bits per heavy atom. The highest BCUT2D eigenvalue weighted by Gasteiger charge is 2.35. The fraction of sp³-hybridized carbons (Fsp3) is 0.550. The first-order valence-corrected chi connectivity index (χ1v) is 9.33. The topological polar surface area (TPSA) is 75.7 Å². The molecule has 1 saturated carbocycles. The van der Waals surface area contributed by atoms with E-state index < -0.39 is 0 Å². The number of imide groups is 1. The van der Waals surface area contributed by atoms with Crippen LogP contribution >= 0.6 is 0 Å². The van der Waals surface area contributed by atoms with E-state index in [-0.39, 0.29) is 23.8 Å². The van der Waals surface area contributed by atoms with Gasteiger partial charge in [-0.3, -0.25) is 19.3 Å². The van der Waals surface area contributed by atoms with E-state index in [2.05, 4.69) is 12.2 Å². The van der Waals surface area contributed by atoms with Crippen molar-refractivity contribution in [3.05, 3.63) is 34.9 Å². The van der Waals surface area contributed by atoms with Gasteiger partial charge in [-0.15, -0.1) is 0 Å². The molecule has 0 aromatic heterocycles. The number of methoxy groups -OCH3 is 1. The van der Waals surface area contributed by atoms with Crippen molar-refractivity contribution in [3.8, 4) is 0 Å². The fourth-order valence-corrected chi connectivity index (χ4v) is 3.78. The van der Waals surface area contributed by atoms with Gasteiger partial charge in [-0.1, -0.05) is 19.8 Å². The normalized spacial score (nSPS) is 22.5. The third-order valence-corrected chi connectivity index (χ3v) is 5.39. The number of hydrogen-bond donors (Lipinski definition) is 1. The first-order chi connectivity index (χ1) is 12.5. The number of ether oxygens (including phenoxy) is 1. The predicted molar refractivity (Wildman–Crippen MR) is 97.2 cm³/mol. The Kier molecular flexibility index (Phi) is 5.71. The predicted octanol–water partition coefficient (Wildman–Crippen LogP) is 2.63. The standard InChI is InChI=1S/C20H26N2O4/c1-13-6-3-4-7-17(13)21-18(23)14-8-9-15-16(12-14)20(25)22(19(15)24)10-5-11-26-2/h8-9,12-13,17H,3-7,10-11H2,1-2H3,(H,21,23)/t13-,17-/m1/s1. The lowest BCUT2D eigenvalue weighted by Crippen LogP contribution is -2.41. The smallest absolute Gasteiger partial charge is 0.261 e. The Morgan fingerprint density at radius 2 is 1.92 bits per heavy atom. The second kappa shape index (κ2) is 7.99. The maximum atomic E-state index is 12.6. The molecule has 140 valence electrons. The molecule has 26 heavy (non-hydrogen) atoms. The largest absolute Gasteiger partial charge is 0.385 e. The molecule has 2 atom stereocenters. The Hall–Kier alpha value is -2.21. The monoisotopic (exact) mass is 358 g/mol. The van der Waals surface area contributed by atoms with Gasteiger partial charge < -0.3 is 10.1 Å². The van der Waals surface area contributed by atoms with Crippen molar-refractivity contribution in [2.24, 2.45) is 5.92 Å². The van der Waals surface area contributed by atoms with Gasteiger partial charge in [0.1, 0.15) is 0 Å². The van der Waals surface area contributed by atoms with Crippen LogP contribution in [0.15, 0.2) is 18.2 Å². The van der Waals surface area contributed by atoms with E-state index in [1.807, 2.05) is 0 Å². The van der Waals surface area contributed by atoms with Gasteiger partial charge in [0.05, 0.1) is 11.1 Å². The van der Waals surface area contributed by atoms with Crippen molar-refractivity contribution < 1.29 is 19.1 Å². The second-order valence-electron chi connectivity index (χ2n) is 7.21. The molecule has 1 aliphatic carbocycles. The lowest BCUT2D eigenvalue weighted by molar-refractivity contribution is 0.0638. The summed E-state index contributed by atoms with van der Waals surface area (Å²) in [6.07, 6.45) is 5.04. The third kappa shape index (κ3) is 3.65. The van der Waals surface area contributed by atoms with Crippen molar-refractivity contribution in [1.29, 1.82) is 0 Å². The fourth-order valence-electron chi connectivity index (χ4n) is 3.78. The number of amides is 3. The lowest BCUT2D eigenvalue weighted by atomic mass is 9.86. The van der Waals surface area contributed by atoms with Gasteiger partial charge >= 0.3 is 0 Å². The van der Waals surface area contributed by atoms with Crippen molar-refractivity contribution in [3.63, 3.8) is 0 Å². The van der Waals surface area contributed by atoms with E-state index in [4.69, 9.17) is 4.74 Å². The molecule has 1 fully saturated rings. The highest BCUT2D eigenvalue weighted by molar-refractivity contribution is 6.22. The molecule has 6 nitrogen and oxygen atoms in total. The van der Waals surface area contributed by atoms with E-state index in [9.17, 15) is 14.4 Å². The van der Waals surface area contributed by atoms with Crippen LogP contribution in [0.25, 0.3) is 0 Å². The van der Waals surface area contributed by atoms with Gasteiger partial charge in [-0.25, -0.2) is 0 Å². The van der Waals surface area contributed by atoms with Crippen LogP contribution in [0.4, 0.5) is 0 Å². The van der Waals surface area contributed by atoms with Gasteiger partial charge in [-0.05, 0) is 43.4 Å². The molecule has 1 heterocycles. The number of fused-ring (bicyclic) bond motifs is 1. The molecule has 1 aromatic carbocycles. The summed E-state index contributed by atoms with van der Waals surface area (Å²) in [5.74, 6) is -0.345. The van der Waals surface area contributed by atoms with Crippen LogP contribution in [0.1, 0.15) is 70.1 Å². The molecule has 3 rings (SSSR count). The molecule has 1 aliphatic heterocycles. The number of rotatable bonds is 6. The van der Waals surface area contributed by atoms with Crippen LogP contribution in [-0.4, -0.2) is 48.9 Å². The molecular weight excluding hydrogens is 332 g/mol. The summed E-state index contributed by atoms with van der Waals surface area (Å²) in [6.45, 7) is 2.97. The van der Waals surface area contributed by atoms with Crippen molar-refractivity contribution >= 4 is 17.7 Å². The van der Waals surface area contributed by atoms with E-state index in [0.717, 1.165) is 19.3 Å². The zero-order chi connectivity index (χ0) is 18.7. The number of benzene rings is 1. The molecule has 0 radical (unpaired) electrons. The number of nitrogens with zero attached hydrogens (tertiary/aromatic N) is 1. The summed E-state index contributed by atoms with van der Waals surface area (Å²) >= 11 is 0. The van der Waals surface area contributed by atoms with Crippen LogP contribution < -0.4 is 5.32 Å². The summed E-state index contributed by atoms with van der Waals surface area (Å²) in [4.78, 5) is 38.8. The summed E-state index contributed by atoms with van der Waals surface area (Å²) in [7, 11) is 1.58. The van der Waals surface area contributed by atoms with Gasteiger partial charge in [0.2, 0.25) is 0 Å². The Labute approximate surface area is 153 Å². The van der Waals surface area contributed by atoms with E-state index in [1.165, 1.54) is 11.3 Å². The zero-order valence-electron chi connectivity index (χ0n) is 15.4. The molecule has 6 heteroatoms. The average Bonchev–Trinajstić information content (AvgIpc) is 2.88. The van der Waals surface area contributed by atoms with Gasteiger partial charge in [0.15, 0.2) is 0 Å². The Morgan fingerprint density at radius 1 is 1.19 bits per heavy atom. The van der Waals surface area contributed by atoms with Crippen LogP contribution in [0.2, 0.25) is 0 Å². The number of hydrogen-bond acceptors (Lipinski definition) is 4. The number of carbonyl (C=O) groups excluding carboxylic acids is 3.